The van der Waals surface area contributed by atoms with Crippen LogP contribution in [0.2, 0.25) is 0 Å². The molecule has 5 N–H and O–H groups in total. The Morgan fingerprint density at radius 3 is 1.00 bits per heavy atom. The lowest BCUT2D eigenvalue weighted by molar-refractivity contribution is -0.132. The van der Waals surface area contributed by atoms with Crippen molar-refractivity contribution in [2.45, 2.75) is 301 Å². The third-order valence-corrected chi connectivity index (χ3v) is 12.7. The van der Waals surface area contributed by atoms with Crippen LogP contribution < -0.4 is 5.32 Å². The van der Waals surface area contributed by atoms with Gasteiger partial charge in [-0.1, -0.05) is 236 Å². The molecule has 0 aliphatic heterocycles. The van der Waals surface area contributed by atoms with Gasteiger partial charge in [0.1, 0.15) is 12.2 Å². The summed E-state index contributed by atoms with van der Waals surface area (Å²) in [6.07, 6.45) is 64.6. The zero-order valence-corrected chi connectivity index (χ0v) is 41.8. The van der Waals surface area contributed by atoms with Crippen LogP contribution in [0.5, 0.6) is 0 Å². The lowest BCUT2D eigenvalue weighted by Crippen LogP contribution is -2.53. The van der Waals surface area contributed by atoms with E-state index in [0.29, 0.717) is 19.3 Å². The number of amides is 1. The predicted octanol–water partition coefficient (Wildman–Crippen LogP) is 15.8. The van der Waals surface area contributed by atoms with Gasteiger partial charge in [-0.3, -0.25) is 4.79 Å². The van der Waals surface area contributed by atoms with E-state index >= 15 is 0 Å². The average molecular weight is 886 g/mol. The molecule has 6 heteroatoms. The monoisotopic (exact) mass is 886 g/mol. The van der Waals surface area contributed by atoms with Crippen LogP contribution >= 0.6 is 0 Å². The van der Waals surface area contributed by atoms with E-state index in [4.69, 9.17) is 0 Å². The maximum Gasteiger partial charge on any atom is 0.249 e. The summed E-state index contributed by atoms with van der Waals surface area (Å²) in [5.41, 5.74) is 0. The molecule has 0 saturated carbocycles. The number of allylic oxidation sites excluding steroid dienone is 8. The maximum atomic E-state index is 12.6. The first-order valence-electron chi connectivity index (χ1n) is 27.5. The highest BCUT2D eigenvalue weighted by atomic mass is 16.3. The highest BCUT2D eigenvalue weighted by Crippen LogP contribution is 2.16. The van der Waals surface area contributed by atoms with Gasteiger partial charge in [-0.2, -0.15) is 0 Å². The molecule has 0 saturated heterocycles. The van der Waals surface area contributed by atoms with Gasteiger partial charge in [-0.25, -0.2) is 0 Å². The number of unbranched alkanes of at least 4 members (excludes halogenated alkanes) is 33. The molecule has 63 heavy (non-hydrogen) atoms. The summed E-state index contributed by atoms with van der Waals surface area (Å²) in [6.45, 7) is 4.06. The van der Waals surface area contributed by atoms with Crippen molar-refractivity contribution in [1.82, 2.24) is 5.32 Å². The Kier molecular flexibility index (Phi) is 49.8. The van der Waals surface area contributed by atoms with Gasteiger partial charge in [0, 0.05) is 0 Å². The minimum absolute atomic E-state index is 0.351. The van der Waals surface area contributed by atoms with Gasteiger partial charge in [-0.05, 0) is 89.9 Å². The smallest absolute Gasteiger partial charge is 0.249 e. The Balaban J connectivity index is 3.74. The number of carbonyl (C=O) groups is 1. The fourth-order valence-electron chi connectivity index (χ4n) is 8.37. The van der Waals surface area contributed by atoms with Crippen molar-refractivity contribution in [3.63, 3.8) is 0 Å². The summed E-state index contributed by atoms with van der Waals surface area (Å²) >= 11 is 0. The van der Waals surface area contributed by atoms with E-state index in [9.17, 15) is 25.2 Å². The van der Waals surface area contributed by atoms with Crippen LogP contribution in [0.25, 0.3) is 0 Å². The molecule has 370 valence electrons. The van der Waals surface area contributed by atoms with Gasteiger partial charge in [-0.15, -0.1) is 0 Å². The fraction of sp³-hybridized carbons (Fsp3) is 0.842. The fourth-order valence-corrected chi connectivity index (χ4v) is 8.37. The topological polar surface area (TPSA) is 110 Å². The molecule has 0 aliphatic rings. The van der Waals surface area contributed by atoms with Gasteiger partial charge in [0.05, 0.1) is 18.8 Å². The van der Waals surface area contributed by atoms with Crippen LogP contribution in [0, 0.1) is 0 Å². The zero-order valence-electron chi connectivity index (χ0n) is 41.8. The molecule has 1 amide bonds. The first-order valence-corrected chi connectivity index (χ1v) is 27.5. The highest BCUT2D eigenvalue weighted by molar-refractivity contribution is 5.80. The van der Waals surface area contributed by atoms with Crippen molar-refractivity contribution >= 4 is 5.91 Å². The number of hydrogen-bond donors (Lipinski definition) is 5. The largest absolute Gasteiger partial charge is 0.394 e. The lowest BCUT2D eigenvalue weighted by atomic mass is 10.00. The van der Waals surface area contributed by atoms with Crippen LogP contribution in [-0.2, 0) is 4.79 Å². The van der Waals surface area contributed by atoms with Crippen molar-refractivity contribution in [3.8, 4) is 0 Å². The molecular formula is C57H107NO5. The third-order valence-electron chi connectivity index (χ3n) is 12.7. The molecule has 0 spiro atoms. The van der Waals surface area contributed by atoms with Crippen LogP contribution in [0.15, 0.2) is 48.6 Å². The van der Waals surface area contributed by atoms with E-state index in [1.165, 1.54) is 180 Å². The summed E-state index contributed by atoms with van der Waals surface area (Å²) < 4.78 is 0. The minimum Gasteiger partial charge on any atom is -0.394 e. The molecule has 4 unspecified atom stereocenters. The van der Waals surface area contributed by atoms with Gasteiger partial charge >= 0.3 is 0 Å². The number of rotatable bonds is 50. The Hall–Kier alpha value is -1.73. The van der Waals surface area contributed by atoms with Gasteiger partial charge in [0.25, 0.3) is 0 Å². The van der Waals surface area contributed by atoms with Crippen molar-refractivity contribution in [1.29, 1.82) is 0 Å². The Labute approximate surface area is 391 Å². The minimum atomic E-state index is -1.30. The van der Waals surface area contributed by atoms with Crippen LogP contribution in [0.4, 0.5) is 0 Å². The molecular weight excluding hydrogens is 779 g/mol. The second-order valence-corrected chi connectivity index (χ2v) is 18.9. The number of hydrogen-bond acceptors (Lipinski definition) is 5. The number of aliphatic hydroxyl groups is 4. The number of carbonyl (C=O) groups excluding carboxylic acids is 1. The molecule has 0 aromatic heterocycles. The molecule has 0 aromatic carbocycles. The molecule has 4 atom stereocenters. The van der Waals surface area contributed by atoms with E-state index in [2.05, 4.69) is 67.8 Å². The van der Waals surface area contributed by atoms with Crippen molar-refractivity contribution in [3.05, 3.63) is 48.6 Å². The first kappa shape index (κ1) is 61.3. The SMILES string of the molecule is CCCCCCCCCCCC/C=C\CCCCCCCCC(O)C(=O)NC(CO)C(O)C(O)CCC/C=C/CC/C=C/CC/C=C/CCCCCCCCCCCCCCCC. The zero-order chi connectivity index (χ0) is 45.9. The van der Waals surface area contributed by atoms with Crippen LogP contribution in [0.3, 0.4) is 0 Å². The van der Waals surface area contributed by atoms with E-state index in [0.717, 1.165) is 64.2 Å². The average Bonchev–Trinajstić information content (AvgIpc) is 3.29. The standard InChI is InChI=1S/C57H107NO5/c1-3-5-7-9-11-13-15-17-19-21-23-25-26-27-28-29-30-31-33-34-36-38-40-42-44-46-48-50-54(60)56(62)53(52-59)58-57(63)55(61)51-49-47-45-43-41-39-37-35-32-24-22-20-18-16-14-12-10-8-6-4-2/h29-30,32,34-36,42,44,53-56,59-62H,3-28,31,33,37-41,43,45-52H2,1-2H3,(H,58,63)/b30-29+,35-32-,36-34+,44-42+. The van der Waals surface area contributed by atoms with Crippen molar-refractivity contribution in [2.75, 3.05) is 6.61 Å². The summed E-state index contributed by atoms with van der Waals surface area (Å²) in [5, 5.41) is 43.9. The van der Waals surface area contributed by atoms with Crippen molar-refractivity contribution < 1.29 is 25.2 Å². The Morgan fingerprint density at radius 2 is 0.667 bits per heavy atom. The maximum absolute atomic E-state index is 12.6. The Bertz CT molecular complexity index is 1040. The number of nitrogens with one attached hydrogen (secondary N) is 1. The second-order valence-electron chi connectivity index (χ2n) is 18.9. The summed E-state index contributed by atoms with van der Waals surface area (Å²) in [4.78, 5) is 12.6. The molecule has 0 radical (unpaired) electrons. The van der Waals surface area contributed by atoms with E-state index in [1.807, 2.05) is 0 Å². The molecule has 0 heterocycles. The molecule has 0 fully saturated rings. The van der Waals surface area contributed by atoms with Crippen LogP contribution in [-0.4, -0.2) is 57.3 Å². The van der Waals surface area contributed by atoms with E-state index in [-0.39, 0.29) is 0 Å². The quantitative estimate of drug-likeness (QED) is 0.0309. The lowest BCUT2D eigenvalue weighted by Gasteiger charge is -2.27. The van der Waals surface area contributed by atoms with E-state index in [1.54, 1.807) is 0 Å². The molecule has 0 bridgehead atoms. The highest BCUT2D eigenvalue weighted by Gasteiger charge is 2.28. The predicted molar refractivity (Wildman–Crippen MR) is 274 cm³/mol. The van der Waals surface area contributed by atoms with Gasteiger partial charge < -0.3 is 25.7 Å². The molecule has 6 nitrogen and oxygen atoms in total. The first-order chi connectivity index (χ1) is 31.0. The normalized spacial score (nSPS) is 14.2. The summed E-state index contributed by atoms with van der Waals surface area (Å²) in [5.74, 6) is -0.603. The molecule has 0 rings (SSSR count). The number of aliphatic hydroxyl groups excluding tert-OH is 4. The Morgan fingerprint density at radius 1 is 0.381 bits per heavy atom. The summed E-state index contributed by atoms with van der Waals surface area (Å²) in [7, 11) is 0. The molecule has 0 aromatic rings. The van der Waals surface area contributed by atoms with Crippen LogP contribution in [0.1, 0.15) is 277 Å². The van der Waals surface area contributed by atoms with Gasteiger partial charge in [0.15, 0.2) is 0 Å². The third kappa shape index (κ3) is 45.2. The van der Waals surface area contributed by atoms with E-state index < -0.39 is 36.9 Å². The van der Waals surface area contributed by atoms with Gasteiger partial charge in [0.2, 0.25) is 5.91 Å². The molecule has 0 aliphatic carbocycles. The van der Waals surface area contributed by atoms with Crippen molar-refractivity contribution in [2.24, 2.45) is 0 Å². The second kappa shape index (κ2) is 51.3. The summed E-state index contributed by atoms with van der Waals surface area (Å²) in [6, 6.07) is -1.02.